The standard InChI is InChI=1S/C18H26N4O/c1-21-11-4-2-9-16(21)18-20-15-8-6-10-19-17(15)22(18)13-14-7-3-5-12-23-14/h6,8,10,14,16H,2-5,7,9,11-13H2,1H3. The number of nitrogens with zero attached hydrogens (tertiary/aromatic N) is 4. The molecule has 0 saturated carbocycles. The molecule has 0 radical (unpaired) electrons. The van der Waals surface area contributed by atoms with Crippen molar-refractivity contribution in [1.82, 2.24) is 19.4 Å². The first-order valence-corrected chi connectivity index (χ1v) is 8.96. The van der Waals surface area contributed by atoms with E-state index in [4.69, 9.17) is 9.72 Å². The zero-order valence-corrected chi connectivity index (χ0v) is 13.9. The molecule has 2 unspecified atom stereocenters. The van der Waals surface area contributed by atoms with Crippen LogP contribution in [0.5, 0.6) is 0 Å². The van der Waals surface area contributed by atoms with E-state index in [1.165, 1.54) is 37.9 Å². The lowest BCUT2D eigenvalue weighted by molar-refractivity contribution is 0.00524. The molecule has 4 heterocycles. The first-order valence-electron chi connectivity index (χ1n) is 8.96. The Morgan fingerprint density at radius 2 is 2.13 bits per heavy atom. The number of imidazole rings is 1. The van der Waals surface area contributed by atoms with E-state index >= 15 is 0 Å². The highest BCUT2D eigenvalue weighted by atomic mass is 16.5. The summed E-state index contributed by atoms with van der Waals surface area (Å²) in [6, 6.07) is 4.46. The number of fused-ring (bicyclic) bond motifs is 1. The second-order valence-electron chi connectivity index (χ2n) is 6.91. The molecule has 2 atom stereocenters. The minimum atomic E-state index is 0.302. The van der Waals surface area contributed by atoms with Crippen LogP contribution in [0.25, 0.3) is 11.2 Å². The fourth-order valence-corrected chi connectivity index (χ4v) is 3.97. The number of hydrogen-bond donors (Lipinski definition) is 0. The van der Waals surface area contributed by atoms with Gasteiger partial charge in [-0.2, -0.15) is 0 Å². The third-order valence-corrected chi connectivity index (χ3v) is 5.26. The van der Waals surface area contributed by atoms with E-state index in [2.05, 4.69) is 27.6 Å². The summed E-state index contributed by atoms with van der Waals surface area (Å²) in [6.07, 6.45) is 9.54. The number of likely N-dealkylation sites (tertiary alicyclic amines) is 1. The Morgan fingerprint density at radius 3 is 2.96 bits per heavy atom. The lowest BCUT2D eigenvalue weighted by Gasteiger charge is -2.33. The van der Waals surface area contributed by atoms with Gasteiger partial charge in [-0.25, -0.2) is 9.97 Å². The predicted molar refractivity (Wildman–Crippen MR) is 90.3 cm³/mol. The van der Waals surface area contributed by atoms with E-state index in [1.54, 1.807) is 0 Å². The van der Waals surface area contributed by atoms with Crippen molar-refractivity contribution in [3.63, 3.8) is 0 Å². The van der Waals surface area contributed by atoms with E-state index in [9.17, 15) is 0 Å². The van der Waals surface area contributed by atoms with Gasteiger partial charge in [0.15, 0.2) is 5.65 Å². The summed E-state index contributed by atoms with van der Waals surface area (Å²) < 4.78 is 8.31. The van der Waals surface area contributed by atoms with Crippen LogP contribution >= 0.6 is 0 Å². The molecule has 2 aromatic rings. The molecule has 2 aliphatic heterocycles. The maximum absolute atomic E-state index is 5.98. The van der Waals surface area contributed by atoms with Crippen molar-refractivity contribution in [2.75, 3.05) is 20.2 Å². The van der Waals surface area contributed by atoms with Gasteiger partial charge < -0.3 is 9.30 Å². The number of piperidine rings is 1. The molecule has 2 saturated heterocycles. The van der Waals surface area contributed by atoms with Crippen molar-refractivity contribution in [2.45, 2.75) is 57.2 Å². The highest BCUT2D eigenvalue weighted by Crippen LogP contribution is 2.31. The second kappa shape index (κ2) is 6.57. The largest absolute Gasteiger partial charge is 0.376 e. The van der Waals surface area contributed by atoms with E-state index < -0.39 is 0 Å². The first-order chi connectivity index (χ1) is 11.3. The fraction of sp³-hybridized carbons (Fsp3) is 0.667. The van der Waals surface area contributed by atoms with Crippen LogP contribution in [0.3, 0.4) is 0 Å². The van der Waals surface area contributed by atoms with Gasteiger partial charge >= 0.3 is 0 Å². The molecule has 124 valence electrons. The Kier molecular flexibility index (Phi) is 4.31. The van der Waals surface area contributed by atoms with Crippen molar-refractivity contribution in [3.8, 4) is 0 Å². The van der Waals surface area contributed by atoms with Crippen LogP contribution in [-0.2, 0) is 11.3 Å². The Hall–Kier alpha value is -1.46. The molecule has 2 fully saturated rings. The Balaban J connectivity index is 1.71. The van der Waals surface area contributed by atoms with E-state index in [-0.39, 0.29) is 0 Å². The van der Waals surface area contributed by atoms with Gasteiger partial charge in [0.25, 0.3) is 0 Å². The summed E-state index contributed by atoms with van der Waals surface area (Å²) >= 11 is 0. The SMILES string of the molecule is CN1CCCCC1c1nc2cccnc2n1CC1CCCCO1. The molecule has 0 spiro atoms. The van der Waals surface area contributed by atoms with E-state index in [0.717, 1.165) is 37.3 Å². The number of pyridine rings is 1. The van der Waals surface area contributed by atoms with Gasteiger partial charge in [-0.1, -0.05) is 6.42 Å². The monoisotopic (exact) mass is 314 g/mol. The van der Waals surface area contributed by atoms with Crippen LogP contribution in [0.1, 0.15) is 50.4 Å². The summed E-state index contributed by atoms with van der Waals surface area (Å²) in [5, 5.41) is 0. The smallest absolute Gasteiger partial charge is 0.160 e. The lowest BCUT2D eigenvalue weighted by atomic mass is 10.0. The quantitative estimate of drug-likeness (QED) is 0.873. The topological polar surface area (TPSA) is 43.2 Å². The summed E-state index contributed by atoms with van der Waals surface area (Å²) in [5.74, 6) is 1.18. The molecule has 0 N–H and O–H groups in total. The number of aromatic nitrogens is 3. The van der Waals surface area contributed by atoms with Gasteiger partial charge in [0.05, 0.1) is 18.7 Å². The maximum Gasteiger partial charge on any atom is 0.160 e. The number of ether oxygens (including phenoxy) is 1. The average Bonchev–Trinajstić information content (AvgIpc) is 2.95. The van der Waals surface area contributed by atoms with Gasteiger partial charge in [0.1, 0.15) is 11.3 Å². The number of rotatable bonds is 3. The van der Waals surface area contributed by atoms with Crippen molar-refractivity contribution < 1.29 is 4.74 Å². The van der Waals surface area contributed by atoms with Crippen molar-refractivity contribution in [3.05, 3.63) is 24.2 Å². The van der Waals surface area contributed by atoms with Gasteiger partial charge in [0, 0.05) is 12.8 Å². The normalized spacial score (nSPS) is 26.7. The zero-order valence-electron chi connectivity index (χ0n) is 13.9. The molecule has 2 aromatic heterocycles. The minimum Gasteiger partial charge on any atom is -0.376 e. The number of hydrogen-bond acceptors (Lipinski definition) is 4. The molecule has 5 nitrogen and oxygen atoms in total. The third kappa shape index (κ3) is 3.00. The summed E-state index contributed by atoms with van der Waals surface area (Å²) in [5.41, 5.74) is 2.02. The van der Waals surface area contributed by atoms with Gasteiger partial charge in [-0.15, -0.1) is 0 Å². The van der Waals surface area contributed by atoms with Crippen LogP contribution < -0.4 is 0 Å². The Bertz CT molecular complexity index is 662. The molecule has 2 aliphatic rings. The summed E-state index contributed by atoms with van der Waals surface area (Å²) in [6.45, 7) is 2.93. The van der Waals surface area contributed by atoms with E-state index in [1.807, 2.05) is 12.3 Å². The molecular weight excluding hydrogens is 288 g/mol. The highest BCUT2D eigenvalue weighted by Gasteiger charge is 2.28. The highest BCUT2D eigenvalue weighted by molar-refractivity contribution is 5.71. The van der Waals surface area contributed by atoms with Crippen LogP contribution in [-0.4, -0.2) is 45.7 Å². The van der Waals surface area contributed by atoms with Crippen LogP contribution in [0.15, 0.2) is 18.3 Å². The Labute approximate surface area is 137 Å². The van der Waals surface area contributed by atoms with Crippen molar-refractivity contribution in [1.29, 1.82) is 0 Å². The minimum absolute atomic E-state index is 0.302. The molecule has 0 amide bonds. The maximum atomic E-state index is 5.98. The van der Waals surface area contributed by atoms with Crippen LogP contribution in [0, 0.1) is 0 Å². The fourth-order valence-electron chi connectivity index (χ4n) is 3.97. The molecular formula is C18H26N4O. The lowest BCUT2D eigenvalue weighted by Crippen LogP contribution is -2.33. The van der Waals surface area contributed by atoms with Crippen molar-refractivity contribution >= 4 is 11.2 Å². The molecule has 0 aromatic carbocycles. The van der Waals surface area contributed by atoms with Gasteiger partial charge in [-0.05, 0) is 57.8 Å². The third-order valence-electron chi connectivity index (χ3n) is 5.26. The van der Waals surface area contributed by atoms with Gasteiger partial charge in [-0.3, -0.25) is 4.90 Å². The van der Waals surface area contributed by atoms with Crippen LogP contribution in [0.2, 0.25) is 0 Å². The summed E-state index contributed by atoms with van der Waals surface area (Å²) in [4.78, 5) is 12.0. The average molecular weight is 314 g/mol. The van der Waals surface area contributed by atoms with Crippen molar-refractivity contribution in [2.24, 2.45) is 0 Å². The molecule has 5 heteroatoms. The zero-order chi connectivity index (χ0) is 15.6. The van der Waals surface area contributed by atoms with E-state index in [0.29, 0.717) is 12.1 Å². The molecule has 0 bridgehead atoms. The molecule has 23 heavy (non-hydrogen) atoms. The molecule has 0 aliphatic carbocycles. The second-order valence-corrected chi connectivity index (χ2v) is 6.91. The summed E-state index contributed by atoms with van der Waals surface area (Å²) in [7, 11) is 2.22. The van der Waals surface area contributed by atoms with Crippen LogP contribution in [0.4, 0.5) is 0 Å². The molecule has 4 rings (SSSR count). The predicted octanol–water partition coefficient (Wildman–Crippen LogP) is 3.16. The first kappa shape index (κ1) is 15.1. The Morgan fingerprint density at radius 1 is 1.22 bits per heavy atom. The van der Waals surface area contributed by atoms with Gasteiger partial charge in [0.2, 0.25) is 0 Å².